The molecule has 3 atom stereocenters. The number of para-hydroxylation sites is 2. The summed E-state index contributed by atoms with van der Waals surface area (Å²) in [7, 11) is 0. The summed E-state index contributed by atoms with van der Waals surface area (Å²) in [6, 6.07) is 21.3. The molecule has 5 aromatic rings. The maximum atomic E-state index is 12.8. The summed E-state index contributed by atoms with van der Waals surface area (Å²) in [6.07, 6.45) is 6.67. The summed E-state index contributed by atoms with van der Waals surface area (Å²) in [5.41, 5.74) is 12.3. The Hall–Kier alpha value is -4.44. The van der Waals surface area contributed by atoms with Crippen molar-refractivity contribution in [2.75, 3.05) is 0 Å². The number of fused-ring (bicyclic) bond motifs is 3. The van der Waals surface area contributed by atoms with Crippen LogP contribution in [0.15, 0.2) is 85.2 Å². The summed E-state index contributed by atoms with van der Waals surface area (Å²) in [5, 5.41) is 24.1. The first-order chi connectivity index (χ1) is 20.0. The summed E-state index contributed by atoms with van der Waals surface area (Å²) in [6.45, 7) is 0. The van der Waals surface area contributed by atoms with Gasteiger partial charge in [0.15, 0.2) is 0 Å². The average Bonchev–Trinajstić information content (AvgIpc) is 3.59. The van der Waals surface area contributed by atoms with E-state index in [1.54, 1.807) is 0 Å². The van der Waals surface area contributed by atoms with Crippen molar-refractivity contribution in [2.24, 2.45) is 0 Å². The van der Waals surface area contributed by atoms with Crippen molar-refractivity contribution >= 4 is 33.7 Å². The number of hydrazine groups is 2. The van der Waals surface area contributed by atoms with Gasteiger partial charge in [-0.25, -0.2) is 10.9 Å². The molecule has 0 saturated heterocycles. The number of aromatic nitrogens is 2. The Kier molecular flexibility index (Phi) is 7.56. The Morgan fingerprint density at radius 3 is 2.10 bits per heavy atom. The molecule has 9 heteroatoms. The van der Waals surface area contributed by atoms with Gasteiger partial charge in [0.05, 0.1) is 0 Å². The van der Waals surface area contributed by atoms with Crippen molar-refractivity contribution in [3.8, 4) is 0 Å². The van der Waals surface area contributed by atoms with E-state index in [0.717, 1.165) is 57.8 Å². The van der Waals surface area contributed by atoms with Crippen molar-refractivity contribution in [3.63, 3.8) is 0 Å². The number of aromatic amines is 2. The molecular weight excluding hydrogens is 518 g/mol. The number of H-pyrrole nitrogens is 2. The van der Waals surface area contributed by atoms with Crippen LogP contribution in [0, 0.1) is 0 Å². The minimum atomic E-state index is -1.09. The molecule has 6 rings (SSSR count). The highest BCUT2D eigenvalue weighted by molar-refractivity contribution is 5.85. The maximum Gasteiger partial charge on any atom is 0.324 e. The highest BCUT2D eigenvalue weighted by Crippen LogP contribution is 2.30. The van der Waals surface area contributed by atoms with E-state index in [1.165, 1.54) is 10.7 Å². The topological polar surface area (TPSA) is 133 Å². The lowest BCUT2D eigenvalue weighted by Gasteiger charge is -2.37. The third kappa shape index (κ3) is 5.60. The van der Waals surface area contributed by atoms with Gasteiger partial charge in [-0.3, -0.25) is 9.59 Å². The van der Waals surface area contributed by atoms with Gasteiger partial charge in [0, 0.05) is 53.1 Å². The van der Waals surface area contributed by atoms with E-state index in [1.807, 2.05) is 73.1 Å². The van der Waals surface area contributed by atoms with Crippen LogP contribution in [0.4, 0.5) is 0 Å². The predicted molar refractivity (Wildman–Crippen MR) is 157 cm³/mol. The fourth-order valence-electron chi connectivity index (χ4n) is 5.95. The van der Waals surface area contributed by atoms with E-state index < -0.39 is 24.0 Å². The highest BCUT2D eigenvalue weighted by Gasteiger charge is 2.34. The third-order valence-corrected chi connectivity index (χ3v) is 8.04. The first kappa shape index (κ1) is 26.8. The zero-order valence-corrected chi connectivity index (χ0v) is 22.5. The predicted octanol–water partition coefficient (Wildman–Crippen LogP) is 4.73. The minimum Gasteiger partial charge on any atom is -0.480 e. The number of rotatable bonds is 11. The fraction of sp³-hybridized carbons (Fsp3) is 0.250. The first-order valence-electron chi connectivity index (χ1n) is 13.9. The fourth-order valence-corrected chi connectivity index (χ4v) is 5.95. The molecule has 0 spiro atoms. The number of aliphatic carboxylic acids is 2. The molecule has 6 N–H and O–H groups in total. The van der Waals surface area contributed by atoms with Crippen LogP contribution in [0.25, 0.3) is 21.8 Å². The van der Waals surface area contributed by atoms with Gasteiger partial charge in [-0.15, -0.1) is 0 Å². The molecule has 9 nitrogen and oxygen atoms in total. The Morgan fingerprint density at radius 1 is 0.829 bits per heavy atom. The van der Waals surface area contributed by atoms with Gasteiger partial charge in [-0.2, -0.15) is 5.12 Å². The molecule has 0 amide bonds. The van der Waals surface area contributed by atoms with Crippen LogP contribution >= 0.6 is 0 Å². The first-order valence-corrected chi connectivity index (χ1v) is 13.9. The van der Waals surface area contributed by atoms with E-state index in [4.69, 9.17) is 0 Å². The van der Waals surface area contributed by atoms with Gasteiger partial charge >= 0.3 is 11.9 Å². The van der Waals surface area contributed by atoms with Crippen LogP contribution < -0.4 is 10.9 Å². The second-order valence-corrected chi connectivity index (χ2v) is 10.6. The smallest absolute Gasteiger partial charge is 0.324 e. The van der Waals surface area contributed by atoms with Crippen LogP contribution in [0.2, 0.25) is 0 Å². The van der Waals surface area contributed by atoms with Crippen molar-refractivity contribution < 1.29 is 19.8 Å². The van der Waals surface area contributed by atoms with Crippen molar-refractivity contribution in [1.82, 2.24) is 25.9 Å². The largest absolute Gasteiger partial charge is 0.480 e. The Balaban J connectivity index is 1.34. The standard InChI is InChI=1S/C32H33N5O4/c38-31(39)29(16-21-18-33-26-13-5-3-11-24(21)26)36-37(35-28-15-7-9-20-8-1-2-10-23(20)28)30(32(40)41)17-22-19-34-27-14-6-4-12-25(22)27/h1-6,8,10-14,18-19,28-30,33-36H,7,9,15-17H2,(H,38,39)(H,40,41)/t28?,29-,30+/m1/s1. The Morgan fingerprint density at radius 2 is 1.44 bits per heavy atom. The molecule has 41 heavy (non-hydrogen) atoms. The maximum absolute atomic E-state index is 12.8. The van der Waals surface area contributed by atoms with Crippen LogP contribution in [-0.4, -0.2) is 49.3 Å². The van der Waals surface area contributed by atoms with Crippen molar-refractivity contribution in [1.29, 1.82) is 0 Å². The van der Waals surface area contributed by atoms with Crippen LogP contribution in [0.1, 0.15) is 41.1 Å². The number of nitrogens with one attached hydrogen (secondary N) is 4. The third-order valence-electron chi connectivity index (χ3n) is 8.04. The van der Waals surface area contributed by atoms with E-state index in [-0.39, 0.29) is 18.9 Å². The molecule has 0 aliphatic heterocycles. The monoisotopic (exact) mass is 551 g/mol. The quantitative estimate of drug-likeness (QED) is 0.131. The van der Waals surface area contributed by atoms with Crippen molar-refractivity contribution in [3.05, 3.63) is 107 Å². The van der Waals surface area contributed by atoms with Crippen LogP contribution in [0.5, 0.6) is 0 Å². The van der Waals surface area contributed by atoms with Crippen LogP contribution in [-0.2, 0) is 28.9 Å². The molecule has 210 valence electrons. The molecule has 3 aromatic carbocycles. The number of hydrogen-bond donors (Lipinski definition) is 6. The summed E-state index contributed by atoms with van der Waals surface area (Å²) >= 11 is 0. The van der Waals surface area contributed by atoms with Gasteiger partial charge < -0.3 is 20.2 Å². The number of benzene rings is 3. The highest BCUT2D eigenvalue weighted by atomic mass is 16.4. The molecular formula is C32H33N5O4. The molecule has 0 fully saturated rings. The molecule has 1 aliphatic rings. The van der Waals surface area contributed by atoms with Gasteiger partial charge in [0.2, 0.25) is 0 Å². The number of aryl methyl sites for hydroxylation is 1. The SMILES string of the molecule is O=C(O)[C@@H](Cc1c[nH]c2ccccc12)NN(NC1CCCc2ccccc21)[C@@H](Cc1c[nH]c2ccccc12)C(=O)O. The Labute approximate surface area is 237 Å². The number of nitrogens with zero attached hydrogens (tertiary/aromatic N) is 1. The van der Waals surface area contributed by atoms with E-state index in [2.05, 4.69) is 33.0 Å². The lowest BCUT2D eigenvalue weighted by Crippen LogP contribution is -2.62. The zero-order valence-electron chi connectivity index (χ0n) is 22.5. The lowest BCUT2D eigenvalue weighted by atomic mass is 9.88. The zero-order chi connectivity index (χ0) is 28.3. The molecule has 0 bridgehead atoms. The number of carboxylic acid groups (broad SMARTS) is 2. The van der Waals surface area contributed by atoms with Gasteiger partial charge in [0.25, 0.3) is 0 Å². The number of carboxylic acids is 2. The molecule has 1 aliphatic carbocycles. The number of hydrogen-bond acceptors (Lipinski definition) is 5. The van der Waals surface area contributed by atoms with Crippen LogP contribution in [0.3, 0.4) is 0 Å². The van der Waals surface area contributed by atoms with E-state index in [9.17, 15) is 19.8 Å². The summed E-state index contributed by atoms with van der Waals surface area (Å²) < 4.78 is 0. The van der Waals surface area contributed by atoms with E-state index >= 15 is 0 Å². The normalized spacial score (nSPS) is 16.6. The van der Waals surface area contributed by atoms with Crippen molar-refractivity contribution in [2.45, 2.75) is 50.2 Å². The van der Waals surface area contributed by atoms with Gasteiger partial charge in [-0.1, -0.05) is 60.7 Å². The molecule has 1 unspecified atom stereocenters. The molecule has 0 radical (unpaired) electrons. The summed E-state index contributed by atoms with van der Waals surface area (Å²) in [4.78, 5) is 31.9. The summed E-state index contributed by atoms with van der Waals surface area (Å²) in [5.74, 6) is -2.13. The van der Waals surface area contributed by atoms with Gasteiger partial charge in [-0.05, 0) is 53.6 Å². The Bertz CT molecular complexity index is 1690. The van der Waals surface area contributed by atoms with E-state index in [0.29, 0.717) is 0 Å². The lowest BCUT2D eigenvalue weighted by molar-refractivity contribution is -0.152. The van der Waals surface area contributed by atoms with Gasteiger partial charge in [0.1, 0.15) is 12.1 Å². The number of carbonyl (C=O) groups is 2. The average molecular weight is 552 g/mol. The second kappa shape index (κ2) is 11.6. The molecule has 0 saturated carbocycles. The second-order valence-electron chi connectivity index (χ2n) is 10.6. The minimum absolute atomic E-state index is 0.160. The molecule has 2 heterocycles. The molecule has 2 aromatic heterocycles.